The summed E-state index contributed by atoms with van der Waals surface area (Å²) in [7, 11) is 0. The minimum Gasteiger partial charge on any atom is -0.355 e. The van der Waals surface area contributed by atoms with Crippen molar-refractivity contribution in [1.29, 1.82) is 0 Å². The first-order chi connectivity index (χ1) is 9.57. The van der Waals surface area contributed by atoms with Crippen LogP contribution in [0.25, 0.3) is 11.0 Å². The maximum absolute atomic E-state index is 4.52. The van der Waals surface area contributed by atoms with Gasteiger partial charge in [-0.2, -0.15) is 5.10 Å². The highest BCUT2D eigenvalue weighted by Gasteiger charge is 2.21. The first-order valence-corrected chi connectivity index (χ1v) is 7.22. The zero-order chi connectivity index (χ0) is 14.2. The van der Waals surface area contributed by atoms with E-state index in [1.54, 1.807) is 6.33 Å². The molecule has 3 heterocycles. The third kappa shape index (κ3) is 2.35. The normalized spacial score (nSPS) is 17.4. The van der Waals surface area contributed by atoms with Gasteiger partial charge in [-0.1, -0.05) is 0 Å². The molecule has 1 fully saturated rings. The number of hydrogen-bond acceptors (Lipinski definition) is 5. The van der Waals surface area contributed by atoms with Crippen molar-refractivity contribution in [2.24, 2.45) is 0 Å². The van der Waals surface area contributed by atoms with Crippen LogP contribution in [0, 0.1) is 0 Å². The van der Waals surface area contributed by atoms with Gasteiger partial charge in [0, 0.05) is 19.6 Å². The van der Waals surface area contributed by atoms with E-state index < -0.39 is 0 Å². The molecule has 108 valence electrons. The van der Waals surface area contributed by atoms with Crippen LogP contribution in [0.15, 0.2) is 12.5 Å². The highest BCUT2D eigenvalue weighted by atomic mass is 15.3. The summed E-state index contributed by atoms with van der Waals surface area (Å²) in [6, 6.07) is 0. The van der Waals surface area contributed by atoms with E-state index in [0.717, 1.165) is 49.5 Å². The highest BCUT2D eigenvalue weighted by molar-refractivity contribution is 5.86. The number of aromatic nitrogens is 4. The quantitative estimate of drug-likeness (QED) is 0.851. The Morgan fingerprint density at radius 1 is 1.15 bits per heavy atom. The van der Waals surface area contributed by atoms with Crippen molar-refractivity contribution in [2.75, 3.05) is 31.1 Å². The van der Waals surface area contributed by atoms with E-state index in [1.165, 1.54) is 0 Å². The Kier molecular flexibility index (Phi) is 3.33. The summed E-state index contributed by atoms with van der Waals surface area (Å²) >= 11 is 0. The zero-order valence-electron chi connectivity index (χ0n) is 12.4. The molecule has 0 spiro atoms. The van der Waals surface area contributed by atoms with Crippen LogP contribution in [0.5, 0.6) is 0 Å². The van der Waals surface area contributed by atoms with Crippen LogP contribution < -0.4 is 10.2 Å². The zero-order valence-corrected chi connectivity index (χ0v) is 12.4. The van der Waals surface area contributed by atoms with Crippen LogP contribution in [-0.4, -0.2) is 45.9 Å². The molecule has 3 rings (SSSR count). The number of hydrogen-bond donors (Lipinski definition) is 1. The van der Waals surface area contributed by atoms with E-state index in [1.807, 2.05) is 10.9 Å². The second kappa shape index (κ2) is 5.01. The molecular weight excluding hydrogens is 252 g/mol. The average molecular weight is 274 g/mol. The highest BCUT2D eigenvalue weighted by Crippen LogP contribution is 2.26. The molecule has 0 saturated carbocycles. The summed E-state index contributed by atoms with van der Waals surface area (Å²) in [6.45, 7) is 10.5. The molecule has 1 saturated heterocycles. The van der Waals surface area contributed by atoms with Gasteiger partial charge in [0.15, 0.2) is 5.65 Å². The monoisotopic (exact) mass is 274 g/mol. The van der Waals surface area contributed by atoms with Gasteiger partial charge in [0.25, 0.3) is 0 Å². The SMILES string of the molecule is CC(C)(C)n1ncc2c(N3CCCNCC3)ncnc21. The topological polar surface area (TPSA) is 58.9 Å². The largest absolute Gasteiger partial charge is 0.355 e. The Morgan fingerprint density at radius 3 is 2.80 bits per heavy atom. The fourth-order valence-corrected chi connectivity index (χ4v) is 2.63. The van der Waals surface area contributed by atoms with Crippen molar-refractivity contribution >= 4 is 16.9 Å². The molecule has 20 heavy (non-hydrogen) atoms. The Balaban J connectivity index is 2.06. The maximum atomic E-state index is 4.52. The molecule has 0 bridgehead atoms. The van der Waals surface area contributed by atoms with Crippen LogP contribution in [0.3, 0.4) is 0 Å². The molecule has 0 aliphatic carbocycles. The number of nitrogens with one attached hydrogen (secondary N) is 1. The molecule has 0 unspecified atom stereocenters. The van der Waals surface area contributed by atoms with Crippen LogP contribution in [-0.2, 0) is 5.54 Å². The predicted molar refractivity (Wildman–Crippen MR) is 80.0 cm³/mol. The van der Waals surface area contributed by atoms with Crippen molar-refractivity contribution in [1.82, 2.24) is 25.1 Å². The van der Waals surface area contributed by atoms with Gasteiger partial charge in [0.05, 0.1) is 17.1 Å². The van der Waals surface area contributed by atoms with Gasteiger partial charge in [-0.15, -0.1) is 0 Å². The number of anilines is 1. The molecule has 6 nitrogen and oxygen atoms in total. The molecule has 1 aliphatic rings. The van der Waals surface area contributed by atoms with Gasteiger partial charge < -0.3 is 10.2 Å². The van der Waals surface area contributed by atoms with Crippen LogP contribution in [0.4, 0.5) is 5.82 Å². The van der Waals surface area contributed by atoms with Crippen molar-refractivity contribution < 1.29 is 0 Å². The lowest BCUT2D eigenvalue weighted by atomic mass is 10.1. The summed E-state index contributed by atoms with van der Waals surface area (Å²) in [6.07, 6.45) is 4.69. The standard InChI is InChI=1S/C14H22N6/c1-14(2,3)20-13-11(9-18-20)12(16-10-17-13)19-7-4-5-15-6-8-19/h9-10,15H,4-8H2,1-3H3. The second-order valence-corrected chi connectivity index (χ2v) is 6.25. The van der Waals surface area contributed by atoms with Gasteiger partial charge in [0.2, 0.25) is 0 Å². The van der Waals surface area contributed by atoms with Gasteiger partial charge in [-0.25, -0.2) is 14.6 Å². The van der Waals surface area contributed by atoms with Gasteiger partial charge in [0.1, 0.15) is 12.1 Å². The summed E-state index contributed by atoms with van der Waals surface area (Å²) in [4.78, 5) is 11.3. The van der Waals surface area contributed by atoms with E-state index in [4.69, 9.17) is 0 Å². The fraction of sp³-hybridized carbons (Fsp3) is 0.643. The van der Waals surface area contributed by atoms with Crippen molar-refractivity contribution in [3.63, 3.8) is 0 Å². The lowest BCUT2D eigenvalue weighted by Crippen LogP contribution is -2.29. The molecule has 6 heteroatoms. The first-order valence-electron chi connectivity index (χ1n) is 7.22. The molecule has 0 radical (unpaired) electrons. The Hall–Kier alpha value is -1.69. The number of rotatable bonds is 1. The molecule has 2 aromatic rings. The molecular formula is C14H22N6. The van der Waals surface area contributed by atoms with Crippen LogP contribution in [0.2, 0.25) is 0 Å². The summed E-state index contributed by atoms with van der Waals surface area (Å²) in [5, 5.41) is 8.98. The van der Waals surface area contributed by atoms with Gasteiger partial charge in [-0.05, 0) is 33.7 Å². The predicted octanol–water partition coefficient (Wildman–Crippen LogP) is 1.38. The minimum atomic E-state index is -0.0757. The Morgan fingerprint density at radius 2 is 2.00 bits per heavy atom. The average Bonchev–Trinajstić information content (AvgIpc) is 2.66. The van der Waals surface area contributed by atoms with Crippen molar-refractivity contribution in [2.45, 2.75) is 32.7 Å². The van der Waals surface area contributed by atoms with Gasteiger partial charge in [-0.3, -0.25) is 0 Å². The molecule has 1 N–H and O–H groups in total. The Bertz CT molecular complexity index is 589. The van der Waals surface area contributed by atoms with E-state index in [9.17, 15) is 0 Å². The van der Waals surface area contributed by atoms with Gasteiger partial charge >= 0.3 is 0 Å². The number of nitrogens with zero attached hydrogens (tertiary/aromatic N) is 5. The fourth-order valence-electron chi connectivity index (χ4n) is 2.63. The second-order valence-electron chi connectivity index (χ2n) is 6.25. The molecule has 2 aromatic heterocycles. The smallest absolute Gasteiger partial charge is 0.163 e. The van der Waals surface area contributed by atoms with E-state index in [-0.39, 0.29) is 5.54 Å². The van der Waals surface area contributed by atoms with E-state index in [0.29, 0.717) is 0 Å². The van der Waals surface area contributed by atoms with Crippen LogP contribution >= 0.6 is 0 Å². The molecule has 1 aliphatic heterocycles. The van der Waals surface area contributed by atoms with Crippen molar-refractivity contribution in [3.05, 3.63) is 12.5 Å². The van der Waals surface area contributed by atoms with Crippen molar-refractivity contribution in [3.8, 4) is 0 Å². The molecule has 0 amide bonds. The summed E-state index contributed by atoms with van der Waals surface area (Å²) in [5.74, 6) is 1.01. The lowest BCUT2D eigenvalue weighted by molar-refractivity contribution is 0.366. The third-order valence-electron chi connectivity index (χ3n) is 3.62. The molecule has 0 aromatic carbocycles. The summed E-state index contributed by atoms with van der Waals surface area (Å²) < 4.78 is 1.98. The van der Waals surface area contributed by atoms with Crippen LogP contribution in [0.1, 0.15) is 27.2 Å². The minimum absolute atomic E-state index is 0.0757. The van der Waals surface area contributed by atoms with E-state index in [2.05, 4.69) is 46.1 Å². The summed E-state index contributed by atoms with van der Waals surface area (Å²) in [5.41, 5.74) is 0.841. The third-order valence-corrected chi connectivity index (χ3v) is 3.62. The van der Waals surface area contributed by atoms with E-state index >= 15 is 0 Å². The Labute approximate surface area is 119 Å². The first kappa shape index (κ1) is 13.3. The lowest BCUT2D eigenvalue weighted by Gasteiger charge is -2.22. The number of fused-ring (bicyclic) bond motifs is 1. The molecule has 0 atom stereocenters. The maximum Gasteiger partial charge on any atom is 0.163 e.